The van der Waals surface area contributed by atoms with Gasteiger partial charge in [-0.2, -0.15) is 0 Å². The van der Waals surface area contributed by atoms with Gasteiger partial charge in [-0.25, -0.2) is 4.79 Å². The van der Waals surface area contributed by atoms with E-state index in [4.69, 9.17) is 5.11 Å². The molecule has 2 fully saturated rings. The van der Waals surface area contributed by atoms with Gasteiger partial charge in [-0.05, 0) is 55.4 Å². The summed E-state index contributed by atoms with van der Waals surface area (Å²) in [5, 5.41) is 8.96. The highest BCUT2D eigenvalue weighted by atomic mass is 16.4. The molecule has 2 atom stereocenters. The maximum atomic E-state index is 10.9. The SMILES string of the molecule is Cc1cc(C(=O)O)ccc1CN1CC2CCC1C2. The fourth-order valence-electron chi connectivity index (χ4n) is 3.45. The van der Waals surface area contributed by atoms with Gasteiger partial charge in [0.05, 0.1) is 5.56 Å². The second kappa shape index (κ2) is 4.39. The van der Waals surface area contributed by atoms with E-state index in [1.807, 2.05) is 13.0 Å². The molecule has 0 radical (unpaired) electrons. The van der Waals surface area contributed by atoms with E-state index in [0.717, 1.165) is 24.1 Å². The number of piperidine rings is 1. The fraction of sp³-hybridized carbons (Fsp3) is 0.533. The number of aromatic carboxylic acids is 1. The van der Waals surface area contributed by atoms with Gasteiger partial charge in [0, 0.05) is 19.1 Å². The summed E-state index contributed by atoms with van der Waals surface area (Å²) < 4.78 is 0. The molecule has 1 aliphatic carbocycles. The highest BCUT2D eigenvalue weighted by molar-refractivity contribution is 5.87. The van der Waals surface area contributed by atoms with Crippen molar-refractivity contribution in [3.8, 4) is 0 Å². The van der Waals surface area contributed by atoms with Crippen LogP contribution in [0.5, 0.6) is 0 Å². The van der Waals surface area contributed by atoms with Crippen molar-refractivity contribution in [1.29, 1.82) is 0 Å². The molecular formula is C15H19NO2. The summed E-state index contributed by atoms with van der Waals surface area (Å²) in [6, 6.07) is 6.25. The van der Waals surface area contributed by atoms with Crippen LogP contribution in [0.25, 0.3) is 0 Å². The molecule has 3 nitrogen and oxygen atoms in total. The van der Waals surface area contributed by atoms with Crippen LogP contribution in [0.2, 0.25) is 0 Å². The Kier molecular flexibility index (Phi) is 2.86. The monoisotopic (exact) mass is 245 g/mol. The largest absolute Gasteiger partial charge is 0.478 e. The third-order valence-electron chi connectivity index (χ3n) is 4.49. The Balaban J connectivity index is 1.75. The standard InChI is InChI=1S/C15H19NO2/c1-10-6-12(15(17)18)3-4-13(10)9-16-8-11-2-5-14(16)7-11/h3-4,6,11,14H,2,5,7-9H2,1H3,(H,17,18). The number of likely N-dealkylation sites (tertiary alicyclic amines) is 1. The molecule has 0 aromatic heterocycles. The third kappa shape index (κ3) is 2.03. The van der Waals surface area contributed by atoms with Crippen molar-refractivity contribution >= 4 is 5.97 Å². The highest BCUT2D eigenvalue weighted by Gasteiger charge is 2.37. The van der Waals surface area contributed by atoms with Crippen LogP contribution in [0, 0.1) is 12.8 Å². The molecule has 2 unspecified atom stereocenters. The van der Waals surface area contributed by atoms with E-state index in [-0.39, 0.29) is 0 Å². The zero-order valence-electron chi connectivity index (χ0n) is 10.7. The Labute approximate surface area is 107 Å². The fourth-order valence-corrected chi connectivity index (χ4v) is 3.45. The number of hydrogen-bond acceptors (Lipinski definition) is 2. The van der Waals surface area contributed by atoms with Crippen LogP contribution in [0.15, 0.2) is 18.2 Å². The van der Waals surface area contributed by atoms with Gasteiger partial charge in [0.1, 0.15) is 0 Å². The lowest BCUT2D eigenvalue weighted by Gasteiger charge is -2.27. The van der Waals surface area contributed by atoms with Gasteiger partial charge < -0.3 is 5.11 Å². The highest BCUT2D eigenvalue weighted by Crippen LogP contribution is 2.38. The summed E-state index contributed by atoms with van der Waals surface area (Å²) in [6.07, 6.45) is 4.11. The van der Waals surface area contributed by atoms with Crippen molar-refractivity contribution in [2.45, 2.75) is 38.8 Å². The Morgan fingerprint density at radius 3 is 2.83 bits per heavy atom. The molecule has 96 valence electrons. The second-order valence-electron chi connectivity index (χ2n) is 5.71. The zero-order chi connectivity index (χ0) is 12.7. The number of aryl methyl sites for hydroxylation is 1. The van der Waals surface area contributed by atoms with E-state index in [0.29, 0.717) is 5.56 Å². The number of rotatable bonds is 3. The third-order valence-corrected chi connectivity index (χ3v) is 4.49. The summed E-state index contributed by atoms with van der Waals surface area (Å²) in [7, 11) is 0. The van der Waals surface area contributed by atoms with E-state index in [9.17, 15) is 4.79 Å². The minimum absolute atomic E-state index is 0.388. The van der Waals surface area contributed by atoms with Crippen molar-refractivity contribution in [3.63, 3.8) is 0 Å². The topological polar surface area (TPSA) is 40.5 Å². The first-order chi connectivity index (χ1) is 8.63. The smallest absolute Gasteiger partial charge is 0.335 e. The molecule has 1 heterocycles. The van der Waals surface area contributed by atoms with Crippen LogP contribution in [0.1, 0.15) is 40.7 Å². The van der Waals surface area contributed by atoms with Gasteiger partial charge in [-0.3, -0.25) is 4.90 Å². The number of hydrogen-bond donors (Lipinski definition) is 1. The molecule has 1 saturated carbocycles. The van der Waals surface area contributed by atoms with E-state index in [2.05, 4.69) is 4.90 Å². The molecule has 0 spiro atoms. The average Bonchev–Trinajstić information content (AvgIpc) is 2.93. The molecule has 0 amide bonds. The van der Waals surface area contributed by atoms with Crippen molar-refractivity contribution in [3.05, 3.63) is 34.9 Å². The lowest BCUT2D eigenvalue weighted by atomic mass is 10.0. The predicted molar refractivity (Wildman–Crippen MR) is 69.7 cm³/mol. The van der Waals surface area contributed by atoms with Gasteiger partial charge in [0.25, 0.3) is 0 Å². The van der Waals surface area contributed by atoms with Gasteiger partial charge >= 0.3 is 5.97 Å². The summed E-state index contributed by atoms with van der Waals surface area (Å²) in [5.74, 6) is 0.0680. The van der Waals surface area contributed by atoms with E-state index >= 15 is 0 Å². The van der Waals surface area contributed by atoms with Gasteiger partial charge in [0.15, 0.2) is 0 Å². The van der Waals surface area contributed by atoms with Crippen molar-refractivity contribution in [2.75, 3.05) is 6.54 Å². The number of carboxylic acid groups (broad SMARTS) is 1. The van der Waals surface area contributed by atoms with Crippen molar-refractivity contribution in [2.24, 2.45) is 5.92 Å². The number of carbonyl (C=O) groups is 1. The first kappa shape index (κ1) is 11.7. The number of fused-ring (bicyclic) bond motifs is 2. The maximum absolute atomic E-state index is 10.9. The van der Waals surface area contributed by atoms with Gasteiger partial charge in [0.2, 0.25) is 0 Å². The second-order valence-corrected chi connectivity index (χ2v) is 5.71. The molecule has 3 heteroatoms. The predicted octanol–water partition coefficient (Wildman–Crippen LogP) is 2.68. The molecule has 2 bridgehead atoms. The number of benzene rings is 1. The summed E-state index contributed by atoms with van der Waals surface area (Å²) in [6.45, 7) is 4.22. The minimum atomic E-state index is -0.843. The number of carboxylic acids is 1. The lowest BCUT2D eigenvalue weighted by molar-refractivity contribution is 0.0696. The minimum Gasteiger partial charge on any atom is -0.478 e. The molecular weight excluding hydrogens is 226 g/mol. The summed E-state index contributed by atoms with van der Waals surface area (Å²) in [4.78, 5) is 13.5. The van der Waals surface area contributed by atoms with Crippen molar-refractivity contribution < 1.29 is 9.90 Å². The average molecular weight is 245 g/mol. The Hall–Kier alpha value is -1.35. The van der Waals surface area contributed by atoms with Crippen LogP contribution >= 0.6 is 0 Å². The normalized spacial score (nSPS) is 26.7. The van der Waals surface area contributed by atoms with E-state index in [1.165, 1.54) is 31.4 Å². The number of nitrogens with zero attached hydrogens (tertiary/aromatic N) is 1. The first-order valence-electron chi connectivity index (χ1n) is 6.70. The first-order valence-corrected chi connectivity index (χ1v) is 6.70. The maximum Gasteiger partial charge on any atom is 0.335 e. The molecule has 2 aliphatic rings. The van der Waals surface area contributed by atoms with Crippen LogP contribution in [-0.2, 0) is 6.54 Å². The van der Waals surface area contributed by atoms with Gasteiger partial charge in [-0.15, -0.1) is 0 Å². The molecule has 1 N–H and O–H groups in total. The van der Waals surface area contributed by atoms with Crippen LogP contribution in [0.3, 0.4) is 0 Å². The zero-order valence-corrected chi connectivity index (χ0v) is 10.7. The Morgan fingerprint density at radius 2 is 2.28 bits per heavy atom. The molecule has 18 heavy (non-hydrogen) atoms. The molecule has 1 aliphatic heterocycles. The van der Waals surface area contributed by atoms with E-state index in [1.54, 1.807) is 12.1 Å². The van der Waals surface area contributed by atoms with Crippen LogP contribution < -0.4 is 0 Å². The molecule has 1 saturated heterocycles. The Bertz CT molecular complexity index is 483. The van der Waals surface area contributed by atoms with Crippen LogP contribution in [0.4, 0.5) is 0 Å². The molecule has 3 rings (SSSR count). The van der Waals surface area contributed by atoms with E-state index < -0.39 is 5.97 Å². The lowest BCUT2D eigenvalue weighted by Crippen LogP contribution is -2.31. The van der Waals surface area contributed by atoms with Gasteiger partial charge in [-0.1, -0.05) is 6.07 Å². The summed E-state index contributed by atoms with van der Waals surface area (Å²) in [5.41, 5.74) is 2.75. The Morgan fingerprint density at radius 1 is 1.44 bits per heavy atom. The van der Waals surface area contributed by atoms with Crippen LogP contribution in [-0.4, -0.2) is 28.6 Å². The van der Waals surface area contributed by atoms with Crippen molar-refractivity contribution in [1.82, 2.24) is 4.90 Å². The quantitative estimate of drug-likeness (QED) is 0.890. The molecule has 1 aromatic rings. The summed E-state index contributed by atoms with van der Waals surface area (Å²) >= 11 is 0. The molecule has 1 aromatic carbocycles.